The number of aromatic nitrogens is 3. The number of amides is 2. The highest BCUT2D eigenvalue weighted by molar-refractivity contribution is 6.02. The topological polar surface area (TPSA) is 88.1 Å². The number of nitrogens with zero attached hydrogens (tertiary/aromatic N) is 4. The Balaban J connectivity index is 1.80. The largest absolute Gasteiger partial charge is 0.334 e. The van der Waals surface area contributed by atoms with Gasteiger partial charge in [-0.15, -0.1) is 0 Å². The monoisotopic (exact) mass is 311 g/mol. The Morgan fingerprint density at radius 2 is 2.17 bits per heavy atom. The van der Waals surface area contributed by atoms with Crippen LogP contribution in [0.4, 0.5) is 5.82 Å². The van der Waals surface area contributed by atoms with Crippen LogP contribution in [0.5, 0.6) is 0 Å². The highest BCUT2D eigenvalue weighted by Crippen LogP contribution is 2.30. The lowest BCUT2D eigenvalue weighted by Gasteiger charge is -2.23. The number of hydrogen-bond acceptors (Lipinski definition) is 5. The maximum Gasteiger partial charge on any atom is 0.275 e. The van der Waals surface area contributed by atoms with Gasteiger partial charge >= 0.3 is 0 Å². The molecular weight excluding hydrogens is 294 g/mol. The molecule has 1 fully saturated rings. The lowest BCUT2D eigenvalue weighted by Crippen LogP contribution is -2.29. The van der Waals surface area contributed by atoms with Crippen molar-refractivity contribution in [3.05, 3.63) is 48.2 Å². The molecule has 0 aromatic carbocycles. The van der Waals surface area contributed by atoms with Crippen molar-refractivity contribution in [3.63, 3.8) is 0 Å². The zero-order valence-electron chi connectivity index (χ0n) is 12.8. The summed E-state index contributed by atoms with van der Waals surface area (Å²) in [5.74, 6) is 0.0550. The van der Waals surface area contributed by atoms with Crippen molar-refractivity contribution < 1.29 is 9.59 Å². The van der Waals surface area contributed by atoms with Crippen LogP contribution in [0.25, 0.3) is 0 Å². The van der Waals surface area contributed by atoms with Gasteiger partial charge in [0.05, 0.1) is 17.9 Å². The smallest absolute Gasteiger partial charge is 0.275 e. The zero-order valence-corrected chi connectivity index (χ0v) is 12.8. The molecule has 118 valence electrons. The summed E-state index contributed by atoms with van der Waals surface area (Å²) in [4.78, 5) is 38.1. The van der Waals surface area contributed by atoms with Gasteiger partial charge in [-0.3, -0.25) is 14.6 Å². The van der Waals surface area contributed by atoms with Crippen LogP contribution in [0.1, 0.15) is 42.0 Å². The van der Waals surface area contributed by atoms with Crippen LogP contribution >= 0.6 is 0 Å². The van der Waals surface area contributed by atoms with Gasteiger partial charge in [0.25, 0.3) is 5.91 Å². The number of likely N-dealkylation sites (tertiary alicyclic amines) is 1. The summed E-state index contributed by atoms with van der Waals surface area (Å²) >= 11 is 0. The molecule has 0 bridgehead atoms. The molecule has 1 saturated heterocycles. The average Bonchev–Trinajstić information content (AvgIpc) is 3.06. The molecule has 1 aliphatic rings. The van der Waals surface area contributed by atoms with E-state index in [1.807, 2.05) is 6.07 Å². The minimum Gasteiger partial charge on any atom is -0.334 e. The minimum absolute atomic E-state index is 0.0312. The predicted octanol–water partition coefficient (Wildman–Crippen LogP) is 1.81. The summed E-state index contributed by atoms with van der Waals surface area (Å²) in [6.07, 6.45) is 6.31. The zero-order chi connectivity index (χ0) is 16.2. The number of rotatable bonds is 3. The molecule has 1 N–H and O–H groups in total. The maximum absolute atomic E-state index is 12.3. The molecule has 1 atom stereocenters. The van der Waals surface area contributed by atoms with Crippen LogP contribution in [0.3, 0.4) is 0 Å². The van der Waals surface area contributed by atoms with E-state index >= 15 is 0 Å². The van der Waals surface area contributed by atoms with Crippen LogP contribution in [0, 0.1) is 0 Å². The van der Waals surface area contributed by atoms with E-state index in [0.29, 0.717) is 11.5 Å². The van der Waals surface area contributed by atoms with E-state index in [1.165, 1.54) is 18.6 Å². The molecular formula is C16H17N5O2. The van der Waals surface area contributed by atoms with Gasteiger partial charge in [0.2, 0.25) is 5.91 Å². The van der Waals surface area contributed by atoms with Gasteiger partial charge in [-0.25, -0.2) is 9.97 Å². The Bertz CT molecular complexity index is 719. The number of nitrogens with one attached hydrogen (secondary N) is 1. The molecule has 1 aliphatic heterocycles. The van der Waals surface area contributed by atoms with E-state index < -0.39 is 0 Å². The molecule has 2 amide bonds. The highest BCUT2D eigenvalue weighted by atomic mass is 16.2. The quantitative estimate of drug-likeness (QED) is 0.934. The maximum atomic E-state index is 12.3. The van der Waals surface area contributed by atoms with E-state index in [9.17, 15) is 9.59 Å². The Hall–Kier alpha value is -2.83. The fourth-order valence-corrected chi connectivity index (χ4v) is 2.76. The van der Waals surface area contributed by atoms with Crippen LogP contribution in [-0.4, -0.2) is 38.2 Å². The number of carbonyl (C=O) groups excluding carboxylic acids is 2. The molecule has 2 aromatic heterocycles. The number of hydrogen-bond donors (Lipinski definition) is 1. The van der Waals surface area contributed by atoms with Crippen molar-refractivity contribution in [2.75, 3.05) is 11.9 Å². The third-order valence-corrected chi connectivity index (χ3v) is 3.81. The second-order valence-corrected chi connectivity index (χ2v) is 5.36. The van der Waals surface area contributed by atoms with Gasteiger partial charge in [-0.2, -0.15) is 0 Å². The summed E-state index contributed by atoms with van der Waals surface area (Å²) in [5, 5.41) is 2.65. The molecule has 7 nitrogen and oxygen atoms in total. The van der Waals surface area contributed by atoms with Crippen molar-refractivity contribution in [3.8, 4) is 0 Å². The second-order valence-electron chi connectivity index (χ2n) is 5.36. The van der Waals surface area contributed by atoms with E-state index in [0.717, 1.165) is 25.1 Å². The van der Waals surface area contributed by atoms with E-state index in [1.54, 1.807) is 24.0 Å². The SMILES string of the molecule is CC(=O)N1CCCC1c1cccc(C(=O)Nc2cnccn2)n1. The molecule has 3 heterocycles. The molecule has 0 spiro atoms. The first-order valence-corrected chi connectivity index (χ1v) is 7.46. The van der Waals surface area contributed by atoms with Crippen LogP contribution in [-0.2, 0) is 4.79 Å². The van der Waals surface area contributed by atoms with Gasteiger partial charge in [-0.1, -0.05) is 6.07 Å². The number of carbonyl (C=O) groups is 2. The van der Waals surface area contributed by atoms with Gasteiger partial charge < -0.3 is 10.2 Å². The summed E-state index contributed by atoms with van der Waals surface area (Å²) in [6, 6.07) is 5.22. The normalized spacial score (nSPS) is 17.1. The lowest BCUT2D eigenvalue weighted by atomic mass is 10.1. The van der Waals surface area contributed by atoms with Crippen molar-refractivity contribution in [2.24, 2.45) is 0 Å². The average molecular weight is 311 g/mol. The molecule has 23 heavy (non-hydrogen) atoms. The van der Waals surface area contributed by atoms with Crippen molar-refractivity contribution in [2.45, 2.75) is 25.8 Å². The predicted molar refractivity (Wildman–Crippen MR) is 83.6 cm³/mol. The molecule has 1 unspecified atom stereocenters. The molecule has 3 rings (SSSR count). The number of anilines is 1. The first-order chi connectivity index (χ1) is 11.1. The second kappa shape index (κ2) is 6.51. The summed E-state index contributed by atoms with van der Waals surface area (Å²) in [7, 11) is 0. The van der Waals surface area contributed by atoms with E-state index in [4.69, 9.17) is 0 Å². The van der Waals surface area contributed by atoms with Gasteiger partial charge in [0.15, 0.2) is 5.82 Å². The van der Waals surface area contributed by atoms with Crippen LogP contribution < -0.4 is 5.32 Å². The van der Waals surface area contributed by atoms with Crippen molar-refractivity contribution in [1.82, 2.24) is 19.9 Å². The van der Waals surface area contributed by atoms with Crippen molar-refractivity contribution in [1.29, 1.82) is 0 Å². The fourth-order valence-electron chi connectivity index (χ4n) is 2.76. The lowest BCUT2D eigenvalue weighted by molar-refractivity contribution is -0.129. The Morgan fingerprint density at radius 3 is 2.91 bits per heavy atom. The van der Waals surface area contributed by atoms with Crippen molar-refractivity contribution >= 4 is 17.6 Å². The standard InChI is InChI=1S/C16H17N5O2/c1-11(22)21-9-3-6-14(21)12-4-2-5-13(19-12)16(23)20-15-10-17-7-8-18-15/h2,4-5,7-8,10,14H,3,6,9H2,1H3,(H,18,20,23). The minimum atomic E-state index is -0.347. The molecule has 0 saturated carbocycles. The van der Waals surface area contributed by atoms with E-state index in [-0.39, 0.29) is 17.9 Å². The summed E-state index contributed by atoms with van der Waals surface area (Å²) in [5.41, 5.74) is 1.04. The van der Waals surface area contributed by atoms with E-state index in [2.05, 4.69) is 20.3 Å². The molecule has 0 aliphatic carbocycles. The summed E-state index contributed by atoms with van der Waals surface area (Å²) in [6.45, 7) is 2.29. The van der Waals surface area contributed by atoms with Crippen LogP contribution in [0.15, 0.2) is 36.8 Å². The highest BCUT2D eigenvalue weighted by Gasteiger charge is 2.29. The molecule has 7 heteroatoms. The fraction of sp³-hybridized carbons (Fsp3) is 0.312. The number of pyridine rings is 1. The third-order valence-electron chi connectivity index (χ3n) is 3.81. The molecule has 2 aromatic rings. The van der Waals surface area contributed by atoms with Gasteiger partial charge in [-0.05, 0) is 25.0 Å². The summed E-state index contributed by atoms with van der Waals surface area (Å²) < 4.78 is 0. The van der Waals surface area contributed by atoms with Crippen LogP contribution in [0.2, 0.25) is 0 Å². The third kappa shape index (κ3) is 3.33. The Morgan fingerprint density at radius 1 is 1.30 bits per heavy atom. The van der Waals surface area contributed by atoms with Gasteiger partial charge in [0.1, 0.15) is 5.69 Å². The first-order valence-electron chi connectivity index (χ1n) is 7.46. The first kappa shape index (κ1) is 15.1. The Kier molecular flexibility index (Phi) is 4.27. The van der Waals surface area contributed by atoms with Gasteiger partial charge in [0, 0.05) is 25.9 Å². The Labute approximate surface area is 133 Å². The molecule has 0 radical (unpaired) electrons.